The first-order valence-electron chi connectivity index (χ1n) is 3.51. The molecule has 2 bridgehead atoms. The Hall–Kier alpha value is -0.200. The van der Waals surface area contributed by atoms with Gasteiger partial charge in [-0.3, -0.25) is 0 Å². The molecular weight excluding hydrogens is 152 g/mol. The van der Waals surface area contributed by atoms with Crippen LogP contribution in [0.4, 0.5) is 0 Å². The maximum atomic E-state index is 9.22. The van der Waals surface area contributed by atoms with Crippen LogP contribution in [0.3, 0.4) is 0 Å². The third-order valence-electron chi connectivity index (χ3n) is 2.07. The van der Waals surface area contributed by atoms with Crippen LogP contribution < -0.4 is 0 Å². The van der Waals surface area contributed by atoms with Crippen LogP contribution in [0.5, 0.6) is 0 Å². The van der Waals surface area contributed by atoms with E-state index in [1.807, 2.05) is 0 Å². The summed E-state index contributed by atoms with van der Waals surface area (Å²) in [5, 5.41) is 27.6. The molecule has 11 heavy (non-hydrogen) atoms. The number of rotatable bonds is 0. The van der Waals surface area contributed by atoms with Crippen LogP contribution >= 0.6 is 0 Å². The third-order valence-corrected chi connectivity index (χ3v) is 2.07. The molecule has 64 valence electrons. The highest BCUT2D eigenvalue weighted by atomic mass is 16.7. The smallest absolute Gasteiger partial charge is 0.186 e. The minimum absolute atomic E-state index is 0.115. The van der Waals surface area contributed by atoms with Crippen molar-refractivity contribution >= 4 is 0 Å². The summed E-state index contributed by atoms with van der Waals surface area (Å²) in [6, 6.07) is 0. The summed E-state index contributed by atoms with van der Waals surface area (Å²) >= 11 is 0. The van der Waals surface area contributed by atoms with Crippen LogP contribution in [0.15, 0.2) is 0 Å². The van der Waals surface area contributed by atoms with Crippen LogP contribution in [-0.4, -0.2) is 52.6 Å². The molecule has 2 aliphatic heterocycles. The lowest BCUT2D eigenvalue weighted by Gasteiger charge is -2.25. The van der Waals surface area contributed by atoms with E-state index >= 15 is 0 Å². The molecule has 5 heteroatoms. The van der Waals surface area contributed by atoms with Gasteiger partial charge in [0.25, 0.3) is 0 Å². The predicted octanol–water partition coefficient (Wildman–Crippen LogP) is -2.18. The predicted molar refractivity (Wildman–Crippen MR) is 32.6 cm³/mol. The molecule has 0 amide bonds. The monoisotopic (exact) mass is 162 g/mol. The zero-order valence-electron chi connectivity index (χ0n) is 5.75. The van der Waals surface area contributed by atoms with Gasteiger partial charge in [-0.25, -0.2) is 0 Å². The van der Waals surface area contributed by atoms with Gasteiger partial charge in [0.05, 0.1) is 6.61 Å². The largest absolute Gasteiger partial charge is 0.388 e. The van der Waals surface area contributed by atoms with Gasteiger partial charge in [0, 0.05) is 0 Å². The minimum atomic E-state index is -1.03. The minimum Gasteiger partial charge on any atom is -0.388 e. The molecule has 0 spiro atoms. The zero-order valence-corrected chi connectivity index (χ0v) is 5.75. The van der Waals surface area contributed by atoms with Gasteiger partial charge in [0.2, 0.25) is 0 Å². The number of hydrogen-bond acceptors (Lipinski definition) is 5. The molecule has 0 aromatic heterocycles. The Balaban J connectivity index is 2.16. The van der Waals surface area contributed by atoms with Gasteiger partial charge in [-0.15, -0.1) is 0 Å². The Labute approximate surface area is 63.2 Å². The average Bonchev–Trinajstić information content (AvgIpc) is 2.24. The lowest BCUT2D eigenvalue weighted by molar-refractivity contribution is -0.233. The molecule has 2 fully saturated rings. The summed E-state index contributed by atoms with van der Waals surface area (Å²) in [7, 11) is 0. The molecular formula is C6H10O5. The molecule has 0 saturated carbocycles. The van der Waals surface area contributed by atoms with Gasteiger partial charge in [-0.05, 0) is 0 Å². The van der Waals surface area contributed by atoms with Crippen molar-refractivity contribution in [1.82, 2.24) is 0 Å². The SMILES string of the molecule is O[C@@H]1[C@@H](O)[C@@H]2OC[C@H](O)[C@H]1O2. The second-order valence-electron chi connectivity index (χ2n) is 2.85. The van der Waals surface area contributed by atoms with Gasteiger partial charge in [0.1, 0.15) is 24.4 Å². The molecule has 0 unspecified atom stereocenters. The highest BCUT2D eigenvalue weighted by Gasteiger charge is 2.50. The van der Waals surface area contributed by atoms with Gasteiger partial charge in [-0.2, -0.15) is 0 Å². The van der Waals surface area contributed by atoms with Crippen molar-refractivity contribution in [3.8, 4) is 0 Å². The summed E-state index contributed by atoms with van der Waals surface area (Å²) in [4.78, 5) is 0. The van der Waals surface area contributed by atoms with Crippen molar-refractivity contribution in [2.24, 2.45) is 0 Å². The number of aliphatic hydroxyl groups is 3. The lowest BCUT2D eigenvalue weighted by Crippen LogP contribution is -2.41. The van der Waals surface area contributed by atoms with Crippen molar-refractivity contribution in [3.63, 3.8) is 0 Å². The summed E-state index contributed by atoms with van der Waals surface area (Å²) in [6.07, 6.45) is -4.35. The normalized spacial score (nSPS) is 56.5. The van der Waals surface area contributed by atoms with E-state index in [2.05, 4.69) is 0 Å². The molecule has 2 heterocycles. The molecule has 2 aliphatic rings. The van der Waals surface area contributed by atoms with Crippen molar-refractivity contribution in [2.45, 2.75) is 30.7 Å². The molecule has 0 aliphatic carbocycles. The number of ether oxygens (including phenoxy) is 2. The average molecular weight is 162 g/mol. The van der Waals surface area contributed by atoms with Gasteiger partial charge >= 0.3 is 0 Å². The van der Waals surface area contributed by atoms with Crippen LogP contribution in [0, 0.1) is 0 Å². The van der Waals surface area contributed by atoms with E-state index in [1.165, 1.54) is 0 Å². The van der Waals surface area contributed by atoms with Crippen molar-refractivity contribution < 1.29 is 24.8 Å². The molecule has 3 N–H and O–H groups in total. The Morgan fingerprint density at radius 3 is 2.45 bits per heavy atom. The Kier molecular flexibility index (Phi) is 1.62. The number of hydrogen-bond donors (Lipinski definition) is 3. The van der Waals surface area contributed by atoms with Crippen LogP contribution in [0.1, 0.15) is 0 Å². The van der Waals surface area contributed by atoms with E-state index in [4.69, 9.17) is 14.6 Å². The Bertz CT molecular complexity index is 161. The Morgan fingerprint density at radius 2 is 1.82 bits per heavy atom. The number of aliphatic hydroxyl groups excluding tert-OH is 3. The summed E-state index contributed by atoms with van der Waals surface area (Å²) < 4.78 is 9.84. The van der Waals surface area contributed by atoms with Gasteiger partial charge < -0.3 is 24.8 Å². The highest BCUT2D eigenvalue weighted by molar-refractivity contribution is 4.93. The first kappa shape index (κ1) is 7.45. The quantitative estimate of drug-likeness (QED) is 0.377. The maximum absolute atomic E-state index is 9.22. The fourth-order valence-corrected chi connectivity index (χ4v) is 1.42. The van der Waals surface area contributed by atoms with E-state index in [9.17, 15) is 10.2 Å². The van der Waals surface area contributed by atoms with Crippen LogP contribution in [-0.2, 0) is 9.47 Å². The first-order chi connectivity index (χ1) is 5.20. The van der Waals surface area contributed by atoms with Crippen LogP contribution in [0.2, 0.25) is 0 Å². The second kappa shape index (κ2) is 2.40. The molecule has 2 rings (SSSR count). The third kappa shape index (κ3) is 0.969. The number of fused-ring (bicyclic) bond motifs is 2. The van der Waals surface area contributed by atoms with E-state index < -0.39 is 30.7 Å². The van der Waals surface area contributed by atoms with Crippen LogP contribution in [0.25, 0.3) is 0 Å². The molecule has 0 radical (unpaired) electrons. The Morgan fingerprint density at radius 1 is 1.09 bits per heavy atom. The first-order valence-corrected chi connectivity index (χ1v) is 3.51. The van der Waals surface area contributed by atoms with E-state index in [0.29, 0.717) is 0 Å². The second-order valence-corrected chi connectivity index (χ2v) is 2.85. The summed E-state index contributed by atoms with van der Waals surface area (Å²) in [5.74, 6) is 0. The van der Waals surface area contributed by atoms with E-state index in [-0.39, 0.29) is 6.61 Å². The van der Waals surface area contributed by atoms with Crippen molar-refractivity contribution in [1.29, 1.82) is 0 Å². The van der Waals surface area contributed by atoms with E-state index in [1.54, 1.807) is 0 Å². The summed E-state index contributed by atoms with van der Waals surface area (Å²) in [6.45, 7) is 0.115. The van der Waals surface area contributed by atoms with Crippen molar-refractivity contribution in [2.75, 3.05) is 6.61 Å². The molecule has 0 aromatic rings. The molecule has 0 aromatic carbocycles. The topological polar surface area (TPSA) is 79.2 Å². The van der Waals surface area contributed by atoms with E-state index in [0.717, 1.165) is 0 Å². The fraction of sp³-hybridized carbons (Fsp3) is 1.00. The fourth-order valence-electron chi connectivity index (χ4n) is 1.42. The van der Waals surface area contributed by atoms with Gasteiger partial charge in [-0.1, -0.05) is 0 Å². The molecule has 5 atom stereocenters. The standard InChI is InChI=1S/C6H10O5/c7-2-1-10-6-4(9)3(8)5(2)11-6/h2-9H,1H2/t2-,3+,4+,5+,6+/m0/s1. The lowest BCUT2D eigenvalue weighted by atomic mass is 10.1. The summed E-state index contributed by atoms with van der Waals surface area (Å²) in [5.41, 5.74) is 0. The zero-order chi connectivity index (χ0) is 8.01. The molecule has 2 saturated heterocycles. The molecule has 5 nitrogen and oxygen atoms in total. The van der Waals surface area contributed by atoms with Crippen molar-refractivity contribution in [3.05, 3.63) is 0 Å². The highest BCUT2D eigenvalue weighted by Crippen LogP contribution is 2.28. The maximum Gasteiger partial charge on any atom is 0.186 e. The van der Waals surface area contributed by atoms with Gasteiger partial charge in [0.15, 0.2) is 6.29 Å².